The number of nitrogens with zero attached hydrogens (tertiary/aromatic N) is 3. The van der Waals surface area contributed by atoms with Gasteiger partial charge in [-0.1, -0.05) is 42.3 Å². The molecule has 1 aliphatic rings. The smallest absolute Gasteiger partial charge is 0.411 e. The van der Waals surface area contributed by atoms with Gasteiger partial charge in [0.2, 0.25) is 11.5 Å². The van der Waals surface area contributed by atoms with Crippen molar-refractivity contribution in [3.8, 4) is 16.8 Å². The summed E-state index contributed by atoms with van der Waals surface area (Å²) < 4.78 is 20.6. The Labute approximate surface area is 256 Å². The fourth-order valence-electron chi connectivity index (χ4n) is 4.88. The van der Waals surface area contributed by atoms with Crippen LogP contribution in [0.15, 0.2) is 59.5 Å². The van der Waals surface area contributed by atoms with E-state index in [4.69, 9.17) is 16.3 Å². The third kappa shape index (κ3) is 6.78. The van der Waals surface area contributed by atoms with Crippen LogP contribution in [0.3, 0.4) is 0 Å². The highest BCUT2D eigenvalue weighted by Gasteiger charge is 2.24. The number of aromatic amines is 1. The van der Waals surface area contributed by atoms with Crippen molar-refractivity contribution in [1.29, 1.82) is 0 Å². The first-order valence-corrected chi connectivity index (χ1v) is 14.3. The van der Waals surface area contributed by atoms with Gasteiger partial charge in [-0.05, 0) is 55.7 Å². The van der Waals surface area contributed by atoms with E-state index in [1.807, 2.05) is 0 Å². The molecule has 0 radical (unpaired) electrons. The number of nitrogens with one attached hydrogen (secondary N) is 4. The number of halogens is 2. The summed E-state index contributed by atoms with van der Waals surface area (Å²) in [5.41, 5.74) is 1.76. The number of anilines is 2. The molecule has 0 saturated heterocycles. The molecular weight excluding hydrogens is 593 g/mol. The summed E-state index contributed by atoms with van der Waals surface area (Å²) in [6, 6.07) is 11.7. The molecule has 4 aromatic rings. The predicted octanol–water partition coefficient (Wildman–Crippen LogP) is 5.21. The van der Waals surface area contributed by atoms with Gasteiger partial charge >= 0.3 is 6.09 Å². The van der Waals surface area contributed by atoms with Crippen molar-refractivity contribution in [2.24, 2.45) is 5.92 Å². The monoisotopic (exact) mass is 621 g/mol. The lowest BCUT2D eigenvalue weighted by Gasteiger charge is -2.22. The van der Waals surface area contributed by atoms with Gasteiger partial charge in [-0.3, -0.25) is 19.7 Å². The van der Waals surface area contributed by atoms with E-state index in [1.54, 1.807) is 44.2 Å². The van der Waals surface area contributed by atoms with Gasteiger partial charge in [0.25, 0.3) is 5.91 Å². The fourth-order valence-corrected chi connectivity index (χ4v) is 5.05. The minimum absolute atomic E-state index is 0.0265. The summed E-state index contributed by atoms with van der Waals surface area (Å²) in [5.74, 6) is -1.93. The number of benzene rings is 2. The Morgan fingerprint density at radius 3 is 2.77 bits per heavy atom. The van der Waals surface area contributed by atoms with Crippen molar-refractivity contribution in [2.75, 3.05) is 17.2 Å². The zero-order valence-corrected chi connectivity index (χ0v) is 24.6. The quantitative estimate of drug-likeness (QED) is 0.238. The van der Waals surface area contributed by atoms with Gasteiger partial charge in [-0.2, -0.15) is 0 Å². The minimum Gasteiger partial charge on any atom is -0.450 e. The Morgan fingerprint density at radius 1 is 1.16 bits per heavy atom. The molecule has 228 valence electrons. The average Bonchev–Trinajstić information content (AvgIpc) is 3.48. The topological polar surface area (TPSA) is 160 Å². The van der Waals surface area contributed by atoms with E-state index in [1.165, 1.54) is 24.4 Å². The first-order valence-electron chi connectivity index (χ1n) is 13.9. The van der Waals surface area contributed by atoms with Gasteiger partial charge in [-0.15, -0.1) is 5.10 Å². The maximum Gasteiger partial charge on any atom is 0.411 e. The summed E-state index contributed by atoms with van der Waals surface area (Å²) in [7, 11) is 0. The number of carbonyl (C=O) groups is 3. The predicted molar refractivity (Wildman–Crippen MR) is 161 cm³/mol. The second kappa shape index (κ2) is 13.1. The lowest BCUT2D eigenvalue weighted by Crippen LogP contribution is -2.31. The lowest BCUT2D eigenvalue weighted by molar-refractivity contribution is -0.119. The number of fused-ring (bicyclic) bond motifs is 4. The highest BCUT2D eigenvalue weighted by molar-refractivity contribution is 6.30. The van der Waals surface area contributed by atoms with Crippen LogP contribution in [-0.4, -0.2) is 44.5 Å². The molecule has 14 heteroatoms. The third-order valence-electron chi connectivity index (χ3n) is 7.14. The van der Waals surface area contributed by atoms with Crippen LogP contribution in [-0.2, 0) is 9.53 Å². The molecule has 2 bridgehead atoms. The Bertz CT molecular complexity index is 1790. The first kappa shape index (κ1) is 30.4. The second-order valence-corrected chi connectivity index (χ2v) is 10.7. The van der Waals surface area contributed by atoms with Crippen molar-refractivity contribution in [1.82, 2.24) is 25.3 Å². The van der Waals surface area contributed by atoms with E-state index in [-0.39, 0.29) is 34.8 Å². The van der Waals surface area contributed by atoms with E-state index in [9.17, 15) is 23.6 Å². The molecule has 12 nitrogen and oxygen atoms in total. The van der Waals surface area contributed by atoms with Crippen LogP contribution in [0, 0.1) is 11.7 Å². The molecule has 1 unspecified atom stereocenters. The lowest BCUT2D eigenvalue weighted by atomic mass is 9.95. The molecule has 0 spiro atoms. The molecule has 2 aromatic carbocycles. The van der Waals surface area contributed by atoms with Crippen molar-refractivity contribution in [3.05, 3.63) is 87.3 Å². The molecule has 1 aliphatic heterocycles. The van der Waals surface area contributed by atoms with Crippen molar-refractivity contribution >= 4 is 40.9 Å². The molecule has 3 heterocycles. The van der Waals surface area contributed by atoms with Crippen LogP contribution in [0.2, 0.25) is 5.02 Å². The Balaban J connectivity index is 1.48. The first-order chi connectivity index (χ1) is 21.1. The molecule has 2 atom stereocenters. The molecule has 5 rings (SSSR count). The molecule has 2 aromatic heterocycles. The summed E-state index contributed by atoms with van der Waals surface area (Å²) in [4.78, 5) is 54.1. The van der Waals surface area contributed by atoms with Crippen molar-refractivity contribution in [2.45, 2.75) is 39.2 Å². The number of H-pyrrole nitrogens is 1. The minimum atomic E-state index is -0.707. The summed E-state index contributed by atoms with van der Waals surface area (Å²) in [6.45, 7) is 3.67. The Hall–Kier alpha value is -5.04. The number of rotatable bonds is 5. The van der Waals surface area contributed by atoms with E-state index in [0.717, 1.165) is 4.68 Å². The fraction of sp³-hybridized carbons (Fsp3) is 0.267. The molecule has 0 saturated carbocycles. The van der Waals surface area contributed by atoms with Crippen LogP contribution >= 0.6 is 11.6 Å². The van der Waals surface area contributed by atoms with Gasteiger partial charge in [-0.25, -0.2) is 13.9 Å². The zero-order chi connectivity index (χ0) is 31.4. The van der Waals surface area contributed by atoms with Crippen LogP contribution in [0.5, 0.6) is 0 Å². The SMILES string of the molecule is CCOC(=O)Nc1ccc2c(c1)NC(=O)C(C)CCC[C@H](NC(=O)c1cn(-c3cccc(Cl)c3F)nn1)c1cc-2cc(=O)[nH]1. The normalized spacial score (nSPS) is 16.5. The van der Waals surface area contributed by atoms with E-state index >= 15 is 0 Å². The zero-order valence-electron chi connectivity index (χ0n) is 23.8. The van der Waals surface area contributed by atoms with E-state index in [2.05, 4.69) is 31.2 Å². The highest BCUT2D eigenvalue weighted by atomic mass is 35.5. The maximum atomic E-state index is 14.5. The molecule has 0 aliphatic carbocycles. The number of hydrogen-bond acceptors (Lipinski definition) is 7. The third-order valence-corrected chi connectivity index (χ3v) is 7.43. The van der Waals surface area contributed by atoms with Crippen molar-refractivity contribution in [3.63, 3.8) is 0 Å². The van der Waals surface area contributed by atoms with Crippen LogP contribution in [0.1, 0.15) is 55.3 Å². The van der Waals surface area contributed by atoms with Crippen LogP contribution in [0.25, 0.3) is 16.8 Å². The van der Waals surface area contributed by atoms with Gasteiger partial charge in [0.1, 0.15) is 5.69 Å². The number of carbonyl (C=O) groups excluding carboxylic acids is 3. The van der Waals surface area contributed by atoms with E-state index in [0.29, 0.717) is 47.5 Å². The number of amides is 3. The Morgan fingerprint density at radius 2 is 1.98 bits per heavy atom. The van der Waals surface area contributed by atoms with E-state index < -0.39 is 29.4 Å². The van der Waals surface area contributed by atoms with Gasteiger partial charge in [0, 0.05) is 28.9 Å². The number of ether oxygens (including phenoxy) is 1. The maximum absolute atomic E-state index is 14.5. The standard InChI is InChI=1S/C30H29ClFN7O5/c1-3-44-30(43)33-18-10-11-19-17-12-23(34-26(40)13-17)21(8-4-6-16(2)28(41)36-22(19)14-18)35-29(42)24-15-39(38-37-24)25-9-5-7-20(31)27(25)32/h5,7,9-16,21H,3-4,6,8H2,1-2H3,(H,33,43)(H,34,40)(H,35,42)(H,36,41)/t16?,21-/m0/s1. The summed E-state index contributed by atoms with van der Waals surface area (Å²) in [5, 5.41) is 16.1. The molecule has 3 amide bonds. The van der Waals surface area contributed by atoms with Crippen LogP contribution in [0.4, 0.5) is 20.6 Å². The molecule has 4 N–H and O–H groups in total. The molecule has 0 fully saturated rings. The van der Waals surface area contributed by atoms with Gasteiger partial charge < -0.3 is 20.4 Å². The largest absolute Gasteiger partial charge is 0.450 e. The van der Waals surface area contributed by atoms with Crippen molar-refractivity contribution < 1.29 is 23.5 Å². The molecule has 44 heavy (non-hydrogen) atoms. The number of hydrogen-bond donors (Lipinski definition) is 4. The number of aromatic nitrogens is 4. The number of pyridine rings is 1. The van der Waals surface area contributed by atoms with Gasteiger partial charge in [0.05, 0.1) is 29.6 Å². The van der Waals surface area contributed by atoms with Crippen LogP contribution < -0.4 is 21.5 Å². The Kier molecular flexibility index (Phi) is 9.04. The highest BCUT2D eigenvalue weighted by Crippen LogP contribution is 2.33. The second-order valence-electron chi connectivity index (χ2n) is 10.3. The van der Waals surface area contributed by atoms with Gasteiger partial charge in [0.15, 0.2) is 11.5 Å². The summed E-state index contributed by atoms with van der Waals surface area (Å²) >= 11 is 5.88. The average molecular weight is 622 g/mol. The summed E-state index contributed by atoms with van der Waals surface area (Å²) in [6.07, 6.45) is 2.06. The molecular formula is C30H29ClFN7O5.